The molecule has 0 aliphatic heterocycles. The van der Waals surface area contributed by atoms with Gasteiger partial charge in [-0.1, -0.05) is 54.9 Å². The molecule has 3 aromatic rings. The van der Waals surface area contributed by atoms with E-state index in [1.54, 1.807) is 0 Å². The quantitative estimate of drug-likeness (QED) is 0.596. The zero-order valence-corrected chi connectivity index (χ0v) is 16.3. The first kappa shape index (κ1) is 19.0. The van der Waals surface area contributed by atoms with Crippen molar-refractivity contribution in [2.45, 2.75) is 39.6 Å². The molecule has 0 fully saturated rings. The molecule has 135 valence electrons. The Bertz CT molecular complexity index is 893. The minimum Gasteiger partial charge on any atom is -0.342 e. The first-order valence-electron chi connectivity index (χ1n) is 9.45. The predicted octanol–water partition coefficient (Wildman–Crippen LogP) is 4.24. The summed E-state index contributed by atoms with van der Waals surface area (Å²) in [7, 11) is 2.20. The fourth-order valence-corrected chi connectivity index (χ4v) is 3.60. The van der Waals surface area contributed by atoms with Crippen LogP contribution in [0.25, 0.3) is 0 Å². The van der Waals surface area contributed by atoms with E-state index >= 15 is 0 Å². The lowest BCUT2D eigenvalue weighted by atomic mass is 9.64. The highest BCUT2D eigenvalue weighted by atomic mass is 15.0. The van der Waals surface area contributed by atoms with E-state index in [-0.39, 0.29) is 11.8 Å². The average Bonchev–Trinajstić information content (AvgIpc) is 3.11. The van der Waals surface area contributed by atoms with E-state index in [0.717, 1.165) is 12.0 Å². The molecule has 1 aromatic heterocycles. The highest BCUT2D eigenvalue weighted by molar-refractivity contribution is 6.51. The van der Waals surface area contributed by atoms with Gasteiger partial charge in [-0.2, -0.15) is 5.26 Å². The van der Waals surface area contributed by atoms with Crippen LogP contribution in [0.15, 0.2) is 60.9 Å². The molecule has 27 heavy (non-hydrogen) atoms. The van der Waals surface area contributed by atoms with Crippen LogP contribution in [0.2, 0.25) is 6.32 Å². The van der Waals surface area contributed by atoms with E-state index in [1.165, 1.54) is 22.3 Å². The predicted molar refractivity (Wildman–Crippen MR) is 111 cm³/mol. The number of benzene rings is 2. The molecule has 3 rings (SSSR count). The molecule has 0 saturated carbocycles. The third-order valence-corrected chi connectivity index (χ3v) is 5.10. The second-order valence-electron chi connectivity index (χ2n) is 7.17. The number of nitriles is 1. The van der Waals surface area contributed by atoms with Crippen molar-refractivity contribution in [2.75, 3.05) is 0 Å². The summed E-state index contributed by atoms with van der Waals surface area (Å²) in [6.07, 6.45) is 4.64. The largest absolute Gasteiger partial charge is 0.342 e. The topological polar surface area (TPSA) is 41.6 Å². The maximum Gasteiger partial charge on any atom is 0.202 e. The lowest BCUT2D eigenvalue weighted by Crippen LogP contribution is -2.29. The molecular formula is C23H25BN3. The van der Waals surface area contributed by atoms with E-state index in [1.807, 2.05) is 19.3 Å². The number of aromatic nitrogens is 2. The van der Waals surface area contributed by atoms with Crippen molar-refractivity contribution in [3.8, 4) is 6.07 Å². The fraction of sp³-hybridized carbons (Fsp3) is 0.304. The first-order valence-corrected chi connectivity index (χ1v) is 9.45. The van der Waals surface area contributed by atoms with Gasteiger partial charge in [0.05, 0.1) is 17.7 Å². The van der Waals surface area contributed by atoms with Gasteiger partial charge in [-0.25, -0.2) is 0 Å². The van der Waals surface area contributed by atoms with Gasteiger partial charge in [0, 0.05) is 24.9 Å². The number of hydrogen-bond donors (Lipinski definition) is 0. The van der Waals surface area contributed by atoms with Crippen molar-refractivity contribution >= 4 is 13.0 Å². The van der Waals surface area contributed by atoms with E-state index in [4.69, 9.17) is 5.26 Å². The minimum atomic E-state index is -0.0325. The summed E-state index contributed by atoms with van der Waals surface area (Å²) in [6, 6.07) is 19.5. The molecule has 1 unspecified atom stereocenters. The zero-order valence-electron chi connectivity index (χ0n) is 16.3. The number of imidazole rings is 1. The van der Waals surface area contributed by atoms with Gasteiger partial charge in [-0.3, -0.25) is 4.98 Å². The third-order valence-electron chi connectivity index (χ3n) is 5.10. The molecule has 2 aromatic carbocycles. The van der Waals surface area contributed by atoms with Crippen LogP contribution >= 0.6 is 0 Å². The minimum absolute atomic E-state index is 0.0325. The van der Waals surface area contributed by atoms with Crippen LogP contribution in [0.5, 0.6) is 0 Å². The SMILES string of the molecule is Cc1ccccc1C(C[B]c1nccn1CC(C)C#N)c1ccccc1C. The van der Waals surface area contributed by atoms with E-state index in [0.29, 0.717) is 6.54 Å². The summed E-state index contributed by atoms with van der Waals surface area (Å²) < 4.78 is 2.07. The molecule has 1 heterocycles. The fourth-order valence-electron chi connectivity index (χ4n) is 3.60. The zero-order chi connectivity index (χ0) is 19.2. The van der Waals surface area contributed by atoms with Crippen molar-refractivity contribution < 1.29 is 0 Å². The van der Waals surface area contributed by atoms with Crippen molar-refractivity contribution in [3.63, 3.8) is 0 Å². The van der Waals surface area contributed by atoms with Gasteiger partial charge in [0.2, 0.25) is 7.28 Å². The van der Waals surface area contributed by atoms with E-state index in [2.05, 4.69) is 85.3 Å². The average molecular weight is 354 g/mol. The van der Waals surface area contributed by atoms with Crippen molar-refractivity contribution in [1.82, 2.24) is 9.55 Å². The lowest BCUT2D eigenvalue weighted by molar-refractivity contribution is 0.590. The van der Waals surface area contributed by atoms with Gasteiger partial charge in [0.1, 0.15) is 0 Å². The Balaban J connectivity index is 1.88. The summed E-state index contributed by atoms with van der Waals surface area (Å²) in [5.41, 5.74) is 6.25. The summed E-state index contributed by atoms with van der Waals surface area (Å²) in [6.45, 7) is 6.96. The number of hydrogen-bond acceptors (Lipinski definition) is 2. The van der Waals surface area contributed by atoms with Gasteiger partial charge >= 0.3 is 0 Å². The van der Waals surface area contributed by atoms with Crippen LogP contribution in [-0.2, 0) is 6.54 Å². The number of aryl methyl sites for hydroxylation is 2. The van der Waals surface area contributed by atoms with Gasteiger partial charge in [-0.05, 0) is 43.0 Å². The van der Waals surface area contributed by atoms with Crippen molar-refractivity contribution in [2.24, 2.45) is 5.92 Å². The molecule has 0 amide bonds. The van der Waals surface area contributed by atoms with Gasteiger partial charge in [0.15, 0.2) is 0 Å². The van der Waals surface area contributed by atoms with Crippen LogP contribution in [-0.4, -0.2) is 16.8 Å². The van der Waals surface area contributed by atoms with E-state index in [9.17, 15) is 0 Å². The van der Waals surface area contributed by atoms with Crippen molar-refractivity contribution in [3.05, 3.63) is 83.2 Å². The van der Waals surface area contributed by atoms with Gasteiger partial charge in [0.25, 0.3) is 0 Å². The molecule has 0 N–H and O–H groups in total. The normalized spacial score (nSPS) is 12.0. The molecule has 1 radical (unpaired) electrons. The first-order chi connectivity index (χ1) is 13.1. The molecule has 0 saturated heterocycles. The van der Waals surface area contributed by atoms with Crippen LogP contribution in [0.3, 0.4) is 0 Å². The Morgan fingerprint density at radius 2 is 1.63 bits per heavy atom. The summed E-state index contributed by atoms with van der Waals surface area (Å²) in [4.78, 5) is 4.51. The highest BCUT2D eigenvalue weighted by Crippen LogP contribution is 2.32. The third kappa shape index (κ3) is 4.49. The highest BCUT2D eigenvalue weighted by Gasteiger charge is 2.20. The second kappa shape index (κ2) is 8.73. The standard InChI is InChI=1S/C23H25BN3/c1-17(15-25)16-27-13-12-26-23(27)24-14-22(20-10-6-4-8-18(20)2)21-11-7-5-9-19(21)3/h4-13,17,22H,14,16H2,1-3H3. The van der Waals surface area contributed by atoms with Crippen LogP contribution in [0.1, 0.15) is 35.1 Å². The lowest BCUT2D eigenvalue weighted by Gasteiger charge is -2.22. The molecule has 0 bridgehead atoms. The van der Waals surface area contributed by atoms with Gasteiger partial charge < -0.3 is 4.57 Å². The van der Waals surface area contributed by atoms with Crippen LogP contribution < -0.4 is 5.72 Å². The summed E-state index contributed by atoms with van der Waals surface area (Å²) in [5.74, 6) is 0.251. The Hall–Kier alpha value is -2.80. The number of rotatable bonds is 7. The second-order valence-corrected chi connectivity index (χ2v) is 7.17. The smallest absolute Gasteiger partial charge is 0.202 e. The van der Waals surface area contributed by atoms with Crippen molar-refractivity contribution in [1.29, 1.82) is 5.26 Å². The van der Waals surface area contributed by atoms with Crippen LogP contribution in [0.4, 0.5) is 0 Å². The molecule has 4 heteroatoms. The Morgan fingerprint density at radius 1 is 1.04 bits per heavy atom. The maximum atomic E-state index is 9.11. The molecular weight excluding hydrogens is 329 g/mol. The molecule has 3 nitrogen and oxygen atoms in total. The Labute approximate surface area is 162 Å². The summed E-state index contributed by atoms with van der Waals surface area (Å²) >= 11 is 0. The summed E-state index contributed by atoms with van der Waals surface area (Å²) in [5, 5.41) is 9.11. The molecule has 0 spiro atoms. The Kier molecular flexibility index (Phi) is 6.14. The van der Waals surface area contributed by atoms with Crippen LogP contribution in [0, 0.1) is 31.1 Å². The number of nitrogens with zero attached hydrogens (tertiary/aromatic N) is 3. The molecule has 1 atom stereocenters. The maximum absolute atomic E-state index is 9.11. The van der Waals surface area contributed by atoms with E-state index < -0.39 is 0 Å². The monoisotopic (exact) mass is 354 g/mol. The van der Waals surface area contributed by atoms with Gasteiger partial charge in [-0.15, -0.1) is 0 Å². The Morgan fingerprint density at radius 3 is 2.19 bits per heavy atom. The molecule has 0 aliphatic rings. The molecule has 0 aliphatic carbocycles.